The molecule has 0 aliphatic rings. The van der Waals surface area contributed by atoms with Crippen LogP contribution in [0.3, 0.4) is 0 Å². The summed E-state index contributed by atoms with van der Waals surface area (Å²) in [6, 6.07) is 20.4. The molecule has 0 bridgehead atoms. The summed E-state index contributed by atoms with van der Waals surface area (Å²) in [5.74, 6) is 0.678. The van der Waals surface area contributed by atoms with Gasteiger partial charge in [-0.3, -0.25) is 9.48 Å². The maximum atomic E-state index is 12.2. The van der Waals surface area contributed by atoms with Gasteiger partial charge in [-0.05, 0) is 56.0 Å². The van der Waals surface area contributed by atoms with E-state index in [-0.39, 0.29) is 36.4 Å². The van der Waals surface area contributed by atoms with Crippen LogP contribution in [0.5, 0.6) is 0 Å². The van der Waals surface area contributed by atoms with E-state index in [2.05, 4.69) is 59.2 Å². The Morgan fingerprint density at radius 1 is 1.09 bits per heavy atom. The molecule has 3 rings (SSSR count). The van der Waals surface area contributed by atoms with Crippen LogP contribution in [0.25, 0.3) is 0 Å². The minimum Gasteiger partial charge on any atom is -0.357 e. The Morgan fingerprint density at radius 3 is 2.61 bits per heavy atom. The third kappa shape index (κ3) is 9.65. The number of nitrogens with one attached hydrogen (secondary N) is 3. The third-order valence-corrected chi connectivity index (χ3v) is 4.93. The van der Waals surface area contributed by atoms with Crippen LogP contribution in [0, 0.1) is 0 Å². The van der Waals surface area contributed by atoms with Crippen molar-refractivity contribution in [3.63, 3.8) is 0 Å². The van der Waals surface area contributed by atoms with Crippen molar-refractivity contribution < 1.29 is 4.79 Å². The molecule has 0 aliphatic carbocycles. The SMILES string of the molecule is CCNC(=NCc1cccc(NC(=O)Cn2cccn2)c1)NC(C)CCc1ccccc1.I. The molecule has 0 radical (unpaired) electrons. The zero-order valence-electron chi connectivity index (χ0n) is 19.2. The van der Waals surface area contributed by atoms with Crippen LogP contribution in [0.4, 0.5) is 5.69 Å². The van der Waals surface area contributed by atoms with Crippen molar-refractivity contribution >= 4 is 41.5 Å². The van der Waals surface area contributed by atoms with E-state index in [4.69, 9.17) is 4.99 Å². The second-order valence-corrected chi connectivity index (χ2v) is 7.72. The summed E-state index contributed by atoms with van der Waals surface area (Å²) in [6.07, 6.45) is 5.46. The molecule has 176 valence electrons. The Kier molecular flexibility index (Phi) is 11.4. The van der Waals surface area contributed by atoms with E-state index in [1.54, 1.807) is 23.1 Å². The number of anilines is 1. The number of guanidine groups is 1. The van der Waals surface area contributed by atoms with Gasteiger partial charge in [-0.15, -0.1) is 24.0 Å². The van der Waals surface area contributed by atoms with Gasteiger partial charge in [0.1, 0.15) is 6.54 Å². The van der Waals surface area contributed by atoms with E-state index in [9.17, 15) is 4.79 Å². The zero-order chi connectivity index (χ0) is 22.6. The van der Waals surface area contributed by atoms with Gasteiger partial charge >= 0.3 is 0 Å². The molecule has 3 N–H and O–H groups in total. The van der Waals surface area contributed by atoms with E-state index in [1.807, 2.05) is 30.3 Å². The number of aromatic nitrogens is 2. The first kappa shape index (κ1) is 26.4. The summed E-state index contributed by atoms with van der Waals surface area (Å²) in [5.41, 5.74) is 3.12. The summed E-state index contributed by atoms with van der Waals surface area (Å²) >= 11 is 0. The van der Waals surface area contributed by atoms with Gasteiger partial charge in [0.25, 0.3) is 0 Å². The molecular weight excluding hydrogens is 527 g/mol. The lowest BCUT2D eigenvalue weighted by atomic mass is 10.1. The highest BCUT2D eigenvalue weighted by Crippen LogP contribution is 2.12. The molecule has 0 saturated heterocycles. The fourth-order valence-electron chi connectivity index (χ4n) is 3.31. The van der Waals surface area contributed by atoms with Gasteiger partial charge in [0.15, 0.2) is 5.96 Å². The number of aliphatic imine (C=N–C) groups is 1. The highest BCUT2D eigenvalue weighted by Gasteiger charge is 2.07. The van der Waals surface area contributed by atoms with Crippen LogP contribution < -0.4 is 16.0 Å². The summed E-state index contributed by atoms with van der Waals surface area (Å²) in [4.78, 5) is 16.9. The molecule has 1 heterocycles. The minimum absolute atomic E-state index is 0. The Balaban J connectivity index is 0.00000385. The number of carbonyl (C=O) groups is 1. The van der Waals surface area contributed by atoms with Crippen molar-refractivity contribution in [1.82, 2.24) is 20.4 Å². The van der Waals surface area contributed by atoms with E-state index in [0.717, 1.165) is 36.6 Å². The average molecular weight is 560 g/mol. The van der Waals surface area contributed by atoms with Gasteiger partial charge in [-0.1, -0.05) is 42.5 Å². The second-order valence-electron chi connectivity index (χ2n) is 7.72. The number of benzene rings is 2. The first-order valence-corrected chi connectivity index (χ1v) is 11.1. The molecule has 7 nitrogen and oxygen atoms in total. The van der Waals surface area contributed by atoms with E-state index in [0.29, 0.717) is 12.6 Å². The molecule has 1 atom stereocenters. The van der Waals surface area contributed by atoms with Crippen LogP contribution in [0.15, 0.2) is 78.0 Å². The Labute approximate surface area is 213 Å². The van der Waals surface area contributed by atoms with Gasteiger partial charge in [-0.25, -0.2) is 4.99 Å². The molecule has 0 saturated carbocycles. The molecule has 1 amide bonds. The van der Waals surface area contributed by atoms with E-state index < -0.39 is 0 Å². The molecule has 0 spiro atoms. The van der Waals surface area contributed by atoms with Crippen LogP contribution in [-0.4, -0.2) is 34.2 Å². The lowest BCUT2D eigenvalue weighted by Gasteiger charge is -2.18. The summed E-state index contributed by atoms with van der Waals surface area (Å²) < 4.78 is 1.59. The first-order valence-electron chi connectivity index (χ1n) is 11.1. The minimum atomic E-state index is -0.114. The Morgan fingerprint density at radius 2 is 1.88 bits per heavy atom. The molecular formula is C25H33IN6O. The van der Waals surface area contributed by atoms with Crippen molar-refractivity contribution in [2.75, 3.05) is 11.9 Å². The number of carbonyl (C=O) groups excluding carboxylic acids is 1. The monoisotopic (exact) mass is 560 g/mol. The second kappa shape index (κ2) is 14.3. The molecule has 1 unspecified atom stereocenters. The number of halogens is 1. The topological polar surface area (TPSA) is 83.3 Å². The third-order valence-electron chi connectivity index (χ3n) is 4.93. The highest BCUT2D eigenvalue weighted by atomic mass is 127. The van der Waals surface area contributed by atoms with Crippen molar-refractivity contribution in [1.29, 1.82) is 0 Å². The quantitative estimate of drug-likeness (QED) is 0.197. The maximum absolute atomic E-state index is 12.2. The van der Waals surface area contributed by atoms with Crippen LogP contribution in [-0.2, 0) is 24.3 Å². The largest absolute Gasteiger partial charge is 0.357 e. The molecule has 8 heteroatoms. The summed E-state index contributed by atoms with van der Waals surface area (Å²) in [5, 5.41) is 13.8. The lowest BCUT2D eigenvalue weighted by molar-refractivity contribution is -0.116. The zero-order valence-corrected chi connectivity index (χ0v) is 21.5. The molecule has 2 aromatic carbocycles. The fourth-order valence-corrected chi connectivity index (χ4v) is 3.31. The van der Waals surface area contributed by atoms with Gasteiger partial charge < -0.3 is 16.0 Å². The molecule has 1 aromatic heterocycles. The average Bonchev–Trinajstić information content (AvgIpc) is 3.30. The predicted molar refractivity (Wildman–Crippen MR) is 145 cm³/mol. The number of hydrogen-bond donors (Lipinski definition) is 3. The standard InChI is InChI=1S/C25H32N6O.HI/c1-3-26-25(29-20(2)13-14-21-9-5-4-6-10-21)27-18-22-11-7-12-23(17-22)30-24(32)19-31-16-8-15-28-31;/h4-12,15-17,20H,3,13-14,18-19H2,1-2H3,(H,30,32)(H2,26,27,29);1H. The van der Waals surface area contributed by atoms with Gasteiger partial charge in [0, 0.05) is 30.7 Å². The molecule has 0 aliphatic heterocycles. The van der Waals surface area contributed by atoms with Crippen LogP contribution in [0.1, 0.15) is 31.4 Å². The van der Waals surface area contributed by atoms with Gasteiger partial charge in [0.05, 0.1) is 6.54 Å². The molecule has 33 heavy (non-hydrogen) atoms. The summed E-state index contributed by atoms with van der Waals surface area (Å²) in [7, 11) is 0. The molecule has 3 aromatic rings. The Hall–Kier alpha value is -2.88. The smallest absolute Gasteiger partial charge is 0.246 e. The summed E-state index contributed by atoms with van der Waals surface area (Å²) in [6.45, 7) is 5.72. The fraction of sp³-hybridized carbons (Fsp3) is 0.320. The van der Waals surface area contributed by atoms with Crippen LogP contribution >= 0.6 is 24.0 Å². The van der Waals surface area contributed by atoms with Crippen molar-refractivity contribution in [3.05, 3.63) is 84.2 Å². The lowest BCUT2D eigenvalue weighted by Crippen LogP contribution is -2.42. The highest BCUT2D eigenvalue weighted by molar-refractivity contribution is 14.0. The van der Waals surface area contributed by atoms with Gasteiger partial charge in [-0.2, -0.15) is 5.10 Å². The van der Waals surface area contributed by atoms with Crippen molar-refractivity contribution in [2.24, 2.45) is 4.99 Å². The maximum Gasteiger partial charge on any atom is 0.246 e. The van der Waals surface area contributed by atoms with Crippen molar-refractivity contribution in [3.8, 4) is 0 Å². The first-order chi connectivity index (χ1) is 15.6. The number of rotatable bonds is 10. The van der Waals surface area contributed by atoms with E-state index in [1.165, 1.54) is 5.56 Å². The van der Waals surface area contributed by atoms with Crippen LogP contribution in [0.2, 0.25) is 0 Å². The number of amides is 1. The number of hydrogen-bond acceptors (Lipinski definition) is 3. The van der Waals surface area contributed by atoms with Gasteiger partial charge in [0.2, 0.25) is 5.91 Å². The number of aryl methyl sites for hydroxylation is 1. The normalized spacial score (nSPS) is 11.9. The van der Waals surface area contributed by atoms with E-state index >= 15 is 0 Å². The van der Waals surface area contributed by atoms with Crippen molar-refractivity contribution in [2.45, 2.75) is 45.8 Å². The predicted octanol–water partition coefficient (Wildman–Crippen LogP) is 4.22. The number of nitrogens with zero attached hydrogens (tertiary/aromatic N) is 3. The molecule has 0 fully saturated rings. The Bertz CT molecular complexity index is 991.